The molecule has 3 heterocycles. The standard InChI is InChI=1S/C25H29N5O5/c1-3-14-6-7-19(35-11-15-4-5-15)16(8-14)21-23-22(27-12-26-21)20(13(2)28-23)24(32)29-17-9-30(25(33)34)10-18(17)31/h6-8,12,15,17-18,28,31H,3-5,9-11H2,1-2H3,(H,29,32)(H,33,34)/t17-,18-/m1/s1. The number of aryl methyl sites for hydroxylation is 2. The molecular formula is C25H29N5O5. The highest BCUT2D eigenvalue weighted by atomic mass is 16.5. The molecule has 1 aliphatic carbocycles. The van der Waals surface area contributed by atoms with Crippen LogP contribution in [0.3, 0.4) is 0 Å². The fraction of sp³-hybridized carbons (Fsp3) is 0.440. The monoisotopic (exact) mass is 479 g/mol. The number of benzene rings is 1. The number of fused-ring (bicyclic) bond motifs is 1. The molecule has 1 aliphatic heterocycles. The van der Waals surface area contributed by atoms with E-state index in [2.05, 4.69) is 39.3 Å². The van der Waals surface area contributed by atoms with E-state index in [1.165, 1.54) is 19.2 Å². The van der Waals surface area contributed by atoms with Gasteiger partial charge in [-0.15, -0.1) is 0 Å². The molecular weight excluding hydrogens is 450 g/mol. The first-order valence-electron chi connectivity index (χ1n) is 11.9. The average Bonchev–Trinajstić information content (AvgIpc) is 3.51. The number of aromatic amines is 1. The number of likely N-dealkylation sites (tertiary alicyclic amines) is 1. The van der Waals surface area contributed by atoms with Gasteiger partial charge in [-0.2, -0.15) is 0 Å². The van der Waals surface area contributed by atoms with Gasteiger partial charge in [0.2, 0.25) is 0 Å². The van der Waals surface area contributed by atoms with E-state index in [9.17, 15) is 19.8 Å². The van der Waals surface area contributed by atoms with Crippen LogP contribution < -0.4 is 10.1 Å². The fourth-order valence-electron chi connectivity index (χ4n) is 4.53. The van der Waals surface area contributed by atoms with Crippen LogP contribution in [0.15, 0.2) is 24.5 Å². The van der Waals surface area contributed by atoms with Crippen LogP contribution in [0.25, 0.3) is 22.3 Å². The van der Waals surface area contributed by atoms with Crippen molar-refractivity contribution in [3.8, 4) is 17.0 Å². The van der Waals surface area contributed by atoms with Gasteiger partial charge in [0.1, 0.15) is 23.3 Å². The Labute approximate surface area is 202 Å². The highest BCUT2D eigenvalue weighted by molar-refractivity contribution is 6.09. The van der Waals surface area contributed by atoms with Crippen LogP contribution in [-0.4, -0.2) is 73.9 Å². The topological polar surface area (TPSA) is 141 Å². The average molecular weight is 480 g/mol. The van der Waals surface area contributed by atoms with Crippen LogP contribution >= 0.6 is 0 Å². The number of rotatable bonds is 7. The smallest absolute Gasteiger partial charge is 0.407 e. The molecule has 1 aromatic carbocycles. The number of H-pyrrole nitrogens is 1. The van der Waals surface area contributed by atoms with Gasteiger partial charge in [-0.3, -0.25) is 4.79 Å². The molecule has 5 rings (SSSR count). The summed E-state index contributed by atoms with van der Waals surface area (Å²) in [5.41, 5.74) is 4.67. The number of amides is 2. The van der Waals surface area contributed by atoms with Gasteiger partial charge in [-0.1, -0.05) is 13.0 Å². The summed E-state index contributed by atoms with van der Waals surface area (Å²) in [6.07, 6.45) is 2.56. The third-order valence-electron chi connectivity index (χ3n) is 6.75. The summed E-state index contributed by atoms with van der Waals surface area (Å²) in [5.74, 6) is 0.919. The van der Waals surface area contributed by atoms with E-state index >= 15 is 0 Å². The quantitative estimate of drug-likeness (QED) is 0.408. The van der Waals surface area contributed by atoms with Gasteiger partial charge in [0.25, 0.3) is 5.91 Å². The highest BCUT2D eigenvalue weighted by Crippen LogP contribution is 2.37. The number of carbonyl (C=O) groups is 2. The van der Waals surface area contributed by atoms with Gasteiger partial charge >= 0.3 is 6.09 Å². The van der Waals surface area contributed by atoms with Crippen molar-refractivity contribution in [2.24, 2.45) is 5.92 Å². The molecule has 3 aromatic rings. The van der Waals surface area contributed by atoms with Crippen LogP contribution in [-0.2, 0) is 6.42 Å². The number of nitrogens with one attached hydrogen (secondary N) is 2. The fourth-order valence-corrected chi connectivity index (χ4v) is 4.53. The summed E-state index contributed by atoms with van der Waals surface area (Å²) in [6.45, 7) is 4.51. The molecule has 2 aromatic heterocycles. The van der Waals surface area contributed by atoms with Crippen molar-refractivity contribution in [3.05, 3.63) is 41.3 Å². The van der Waals surface area contributed by atoms with Gasteiger partial charge in [0, 0.05) is 17.8 Å². The Morgan fingerprint density at radius 2 is 2.06 bits per heavy atom. The molecule has 184 valence electrons. The van der Waals surface area contributed by atoms with Crippen molar-refractivity contribution < 1.29 is 24.5 Å². The zero-order valence-electron chi connectivity index (χ0n) is 19.7. The molecule has 0 bridgehead atoms. The number of carbonyl (C=O) groups excluding carboxylic acids is 1. The molecule has 1 saturated heterocycles. The van der Waals surface area contributed by atoms with Crippen LogP contribution in [0.4, 0.5) is 4.79 Å². The van der Waals surface area contributed by atoms with Gasteiger partial charge in [-0.25, -0.2) is 14.8 Å². The van der Waals surface area contributed by atoms with E-state index in [1.807, 2.05) is 6.07 Å². The Morgan fingerprint density at radius 1 is 1.26 bits per heavy atom. The van der Waals surface area contributed by atoms with Crippen molar-refractivity contribution >= 4 is 23.0 Å². The maximum absolute atomic E-state index is 13.2. The number of β-amino-alcohol motifs (C(OH)–C–C–N with tert-alkyl or cyclic N) is 1. The lowest BCUT2D eigenvalue weighted by molar-refractivity contribution is 0.0889. The van der Waals surface area contributed by atoms with E-state index < -0.39 is 24.1 Å². The van der Waals surface area contributed by atoms with E-state index in [-0.39, 0.29) is 13.1 Å². The molecule has 1 saturated carbocycles. The van der Waals surface area contributed by atoms with Crippen molar-refractivity contribution in [2.75, 3.05) is 19.7 Å². The van der Waals surface area contributed by atoms with Crippen molar-refractivity contribution in [2.45, 2.75) is 45.3 Å². The molecule has 0 unspecified atom stereocenters. The summed E-state index contributed by atoms with van der Waals surface area (Å²) in [4.78, 5) is 37.8. The molecule has 10 heteroatoms. The summed E-state index contributed by atoms with van der Waals surface area (Å²) in [5, 5.41) is 22.2. The van der Waals surface area contributed by atoms with Crippen LogP contribution in [0, 0.1) is 12.8 Å². The number of ether oxygens (including phenoxy) is 1. The summed E-state index contributed by atoms with van der Waals surface area (Å²) >= 11 is 0. The second-order valence-corrected chi connectivity index (χ2v) is 9.34. The Morgan fingerprint density at radius 3 is 2.74 bits per heavy atom. The van der Waals surface area contributed by atoms with E-state index in [0.29, 0.717) is 40.5 Å². The Bertz CT molecular complexity index is 1280. The van der Waals surface area contributed by atoms with Crippen molar-refractivity contribution in [1.29, 1.82) is 0 Å². The summed E-state index contributed by atoms with van der Waals surface area (Å²) in [6, 6.07) is 5.39. The molecule has 2 aliphatic rings. The first-order chi connectivity index (χ1) is 16.9. The number of aromatic nitrogens is 3. The van der Waals surface area contributed by atoms with Gasteiger partial charge in [0.15, 0.2) is 0 Å². The third-order valence-corrected chi connectivity index (χ3v) is 6.75. The van der Waals surface area contributed by atoms with E-state index in [1.54, 1.807) is 6.92 Å². The first kappa shape index (κ1) is 23.1. The second-order valence-electron chi connectivity index (χ2n) is 9.34. The maximum atomic E-state index is 13.2. The minimum absolute atomic E-state index is 0.0232. The zero-order valence-corrected chi connectivity index (χ0v) is 19.7. The number of aliphatic hydroxyl groups excluding tert-OH is 1. The summed E-state index contributed by atoms with van der Waals surface area (Å²) in [7, 11) is 0. The van der Waals surface area contributed by atoms with Crippen molar-refractivity contribution in [1.82, 2.24) is 25.2 Å². The lowest BCUT2D eigenvalue weighted by Crippen LogP contribution is -2.43. The van der Waals surface area contributed by atoms with Gasteiger partial charge in [-0.05, 0) is 49.8 Å². The molecule has 4 N–H and O–H groups in total. The maximum Gasteiger partial charge on any atom is 0.407 e. The lowest BCUT2D eigenvalue weighted by Gasteiger charge is -2.15. The minimum atomic E-state index is -1.13. The Kier molecular flexibility index (Phi) is 6.06. The molecule has 0 radical (unpaired) electrons. The molecule has 2 fully saturated rings. The van der Waals surface area contributed by atoms with Crippen LogP contribution in [0.1, 0.15) is 41.4 Å². The van der Waals surface area contributed by atoms with Gasteiger partial charge in [0.05, 0.1) is 36.4 Å². The zero-order chi connectivity index (χ0) is 24.7. The minimum Gasteiger partial charge on any atom is -0.493 e. The predicted molar refractivity (Wildman–Crippen MR) is 129 cm³/mol. The number of aliphatic hydroxyl groups is 1. The van der Waals surface area contributed by atoms with E-state index in [0.717, 1.165) is 28.2 Å². The van der Waals surface area contributed by atoms with E-state index in [4.69, 9.17) is 4.74 Å². The SMILES string of the molecule is CCc1ccc(OCC2CC2)c(-c2ncnc3c(C(=O)N[C@@H]4CN(C(=O)O)C[C@H]4O)c(C)[nH]c23)c1. The molecule has 10 nitrogen and oxygen atoms in total. The van der Waals surface area contributed by atoms with Crippen molar-refractivity contribution in [3.63, 3.8) is 0 Å². The Hall–Kier alpha value is -3.66. The number of hydrogen-bond acceptors (Lipinski definition) is 6. The molecule has 2 atom stereocenters. The van der Waals surface area contributed by atoms with Crippen LogP contribution in [0.5, 0.6) is 5.75 Å². The lowest BCUT2D eigenvalue weighted by atomic mass is 10.0. The largest absolute Gasteiger partial charge is 0.493 e. The first-order valence-corrected chi connectivity index (χ1v) is 11.9. The normalized spacial score (nSPS) is 19.8. The number of hydrogen-bond donors (Lipinski definition) is 4. The van der Waals surface area contributed by atoms with Gasteiger partial charge < -0.3 is 30.2 Å². The highest BCUT2D eigenvalue weighted by Gasteiger charge is 2.36. The molecule has 2 amide bonds. The summed E-state index contributed by atoms with van der Waals surface area (Å²) < 4.78 is 6.14. The predicted octanol–water partition coefficient (Wildman–Crippen LogP) is 2.74. The van der Waals surface area contributed by atoms with Crippen LogP contribution in [0.2, 0.25) is 0 Å². The Balaban J connectivity index is 1.49. The molecule has 35 heavy (non-hydrogen) atoms. The number of carboxylic acid groups (broad SMARTS) is 1. The number of nitrogens with zero attached hydrogens (tertiary/aromatic N) is 3. The third kappa shape index (κ3) is 4.53. The second kappa shape index (κ2) is 9.18. The molecule has 0 spiro atoms.